The molecule has 0 amide bonds. The summed E-state index contributed by atoms with van der Waals surface area (Å²) in [7, 11) is 0. The Morgan fingerprint density at radius 2 is 1.91 bits per heavy atom. The van der Waals surface area contributed by atoms with Crippen LogP contribution in [0.1, 0.15) is 19.4 Å². The van der Waals surface area contributed by atoms with Gasteiger partial charge >= 0.3 is 11.9 Å². The van der Waals surface area contributed by atoms with Crippen LogP contribution in [0.4, 0.5) is 0 Å². The van der Waals surface area contributed by atoms with Crippen LogP contribution >= 0.6 is 11.6 Å². The highest BCUT2D eigenvalue weighted by Crippen LogP contribution is 2.26. The first kappa shape index (κ1) is 17.8. The summed E-state index contributed by atoms with van der Waals surface area (Å²) in [5.74, 6) is -1.39. The van der Waals surface area contributed by atoms with Gasteiger partial charge < -0.3 is 14.6 Å². The summed E-state index contributed by atoms with van der Waals surface area (Å²) in [6.07, 6.45) is 1.72. The molecule has 0 saturated heterocycles. The van der Waals surface area contributed by atoms with Crippen LogP contribution in [0.15, 0.2) is 42.2 Å². The molecular formula is C16H17ClO5. The average molecular weight is 325 g/mol. The lowest BCUT2D eigenvalue weighted by Gasteiger charge is -2.11. The molecule has 0 unspecified atom stereocenters. The van der Waals surface area contributed by atoms with E-state index in [1.165, 1.54) is 0 Å². The van der Waals surface area contributed by atoms with Crippen molar-refractivity contribution in [2.75, 3.05) is 13.2 Å². The van der Waals surface area contributed by atoms with Gasteiger partial charge in [0.2, 0.25) is 0 Å². The van der Waals surface area contributed by atoms with E-state index in [-0.39, 0.29) is 24.4 Å². The van der Waals surface area contributed by atoms with Gasteiger partial charge in [0, 0.05) is 16.7 Å². The predicted molar refractivity (Wildman–Crippen MR) is 83.4 cm³/mol. The molecule has 0 spiro atoms. The van der Waals surface area contributed by atoms with Crippen molar-refractivity contribution in [1.29, 1.82) is 0 Å². The smallest absolute Gasteiger partial charge is 0.341 e. The van der Waals surface area contributed by atoms with Crippen LogP contribution < -0.4 is 0 Å². The summed E-state index contributed by atoms with van der Waals surface area (Å²) >= 11 is 5.93. The number of carbonyl (C=O) groups excluding carboxylic acids is 2. The number of halogens is 1. The minimum Gasteiger partial charge on any atom is -0.515 e. The summed E-state index contributed by atoms with van der Waals surface area (Å²) in [5, 5.41) is 9.80. The van der Waals surface area contributed by atoms with Crippen LogP contribution in [0.3, 0.4) is 0 Å². The van der Waals surface area contributed by atoms with Gasteiger partial charge in [-0.2, -0.15) is 0 Å². The van der Waals surface area contributed by atoms with Crippen LogP contribution in [0.2, 0.25) is 5.02 Å². The Hall–Kier alpha value is -2.27. The van der Waals surface area contributed by atoms with Gasteiger partial charge in [-0.3, -0.25) is 0 Å². The molecule has 0 aliphatic heterocycles. The number of rotatable bonds is 6. The zero-order chi connectivity index (χ0) is 16.5. The first-order valence-electron chi connectivity index (χ1n) is 6.69. The van der Waals surface area contributed by atoms with Crippen molar-refractivity contribution in [2.24, 2.45) is 0 Å². The lowest BCUT2D eigenvalue weighted by Crippen LogP contribution is -2.11. The highest BCUT2D eigenvalue weighted by atomic mass is 35.5. The molecule has 0 heterocycles. The van der Waals surface area contributed by atoms with Crippen molar-refractivity contribution < 1.29 is 24.2 Å². The molecule has 118 valence electrons. The summed E-state index contributed by atoms with van der Waals surface area (Å²) in [5.41, 5.74) is 0.493. The van der Waals surface area contributed by atoms with Gasteiger partial charge in [-0.15, -0.1) is 0 Å². The van der Waals surface area contributed by atoms with Crippen molar-refractivity contribution in [3.8, 4) is 0 Å². The topological polar surface area (TPSA) is 72.8 Å². The maximum absolute atomic E-state index is 11.9. The molecule has 1 aromatic rings. The molecular weight excluding hydrogens is 308 g/mol. The highest BCUT2D eigenvalue weighted by Gasteiger charge is 2.19. The fourth-order valence-corrected chi connectivity index (χ4v) is 1.91. The van der Waals surface area contributed by atoms with Crippen molar-refractivity contribution in [3.63, 3.8) is 0 Å². The molecule has 0 atom stereocenters. The number of carbonyl (C=O) groups is 2. The van der Waals surface area contributed by atoms with Crippen molar-refractivity contribution >= 4 is 29.1 Å². The number of ether oxygens (including phenoxy) is 2. The number of aliphatic hydroxyl groups is 1. The lowest BCUT2D eigenvalue weighted by atomic mass is 9.98. The first-order valence-corrected chi connectivity index (χ1v) is 7.07. The largest absolute Gasteiger partial charge is 0.515 e. The molecule has 1 aromatic carbocycles. The summed E-state index contributed by atoms with van der Waals surface area (Å²) in [6.45, 7) is 3.63. The third-order valence-electron chi connectivity index (χ3n) is 2.60. The van der Waals surface area contributed by atoms with E-state index in [4.69, 9.17) is 21.1 Å². The van der Waals surface area contributed by atoms with Gasteiger partial charge in [0.1, 0.15) is 5.57 Å². The molecule has 1 rings (SSSR count). The second-order valence-electron chi connectivity index (χ2n) is 4.08. The number of benzene rings is 1. The second kappa shape index (κ2) is 8.89. The van der Waals surface area contributed by atoms with Crippen molar-refractivity contribution in [3.05, 3.63) is 52.8 Å². The van der Waals surface area contributed by atoms with E-state index >= 15 is 0 Å². The fraction of sp³-hybridized carbons (Fsp3) is 0.250. The second-order valence-corrected chi connectivity index (χ2v) is 4.52. The quantitative estimate of drug-likeness (QED) is 0.376. The number of esters is 2. The Bertz CT molecular complexity index is 604. The predicted octanol–water partition coefficient (Wildman–Crippen LogP) is 3.29. The normalized spacial score (nSPS) is 12.0. The molecule has 0 aromatic heterocycles. The van der Waals surface area contributed by atoms with E-state index in [0.29, 0.717) is 16.8 Å². The molecule has 6 heteroatoms. The van der Waals surface area contributed by atoms with Gasteiger partial charge in [-0.1, -0.05) is 23.7 Å². The molecule has 0 bridgehead atoms. The summed E-state index contributed by atoms with van der Waals surface area (Å²) < 4.78 is 9.73. The maximum Gasteiger partial charge on any atom is 0.341 e. The number of aliphatic hydroxyl groups excluding tert-OH is 1. The Kier molecular flexibility index (Phi) is 7.19. The molecule has 22 heavy (non-hydrogen) atoms. The molecule has 0 saturated carbocycles. The fourth-order valence-electron chi connectivity index (χ4n) is 1.72. The van der Waals surface area contributed by atoms with Crippen LogP contribution in [0.25, 0.3) is 5.57 Å². The van der Waals surface area contributed by atoms with E-state index in [1.807, 2.05) is 0 Å². The third-order valence-corrected chi connectivity index (χ3v) is 2.83. The van der Waals surface area contributed by atoms with Gasteiger partial charge in [0.25, 0.3) is 0 Å². The van der Waals surface area contributed by atoms with E-state index in [2.05, 4.69) is 0 Å². The Morgan fingerprint density at radius 1 is 1.23 bits per heavy atom. The van der Waals surface area contributed by atoms with Gasteiger partial charge in [-0.25, -0.2) is 9.59 Å². The van der Waals surface area contributed by atoms with E-state index in [9.17, 15) is 14.7 Å². The highest BCUT2D eigenvalue weighted by molar-refractivity contribution is 6.30. The van der Waals surface area contributed by atoms with E-state index in [1.54, 1.807) is 38.1 Å². The van der Waals surface area contributed by atoms with Crippen LogP contribution in [0.5, 0.6) is 0 Å². The van der Waals surface area contributed by atoms with Gasteiger partial charge in [-0.05, 0) is 31.5 Å². The third kappa shape index (κ3) is 4.93. The Labute approximate surface area is 133 Å². The first-order chi connectivity index (χ1) is 10.5. The molecule has 5 nitrogen and oxygen atoms in total. The number of hydrogen-bond donors (Lipinski definition) is 1. The van der Waals surface area contributed by atoms with Gasteiger partial charge in [0.05, 0.1) is 19.5 Å². The molecule has 0 aliphatic rings. The van der Waals surface area contributed by atoms with Crippen molar-refractivity contribution in [1.82, 2.24) is 0 Å². The zero-order valence-corrected chi connectivity index (χ0v) is 13.1. The van der Waals surface area contributed by atoms with Crippen molar-refractivity contribution in [2.45, 2.75) is 13.8 Å². The minimum atomic E-state index is -0.750. The SMILES string of the molecule is CCOC(=O)/C=C(/C(=C/O)C(=O)OCC)c1cccc(Cl)c1. The molecule has 0 fully saturated rings. The summed E-state index contributed by atoms with van der Waals surface area (Å²) in [6, 6.07) is 6.53. The summed E-state index contributed by atoms with van der Waals surface area (Å²) in [4.78, 5) is 23.7. The molecule has 1 N–H and O–H groups in total. The standard InChI is InChI=1S/C16H17ClO5/c1-3-21-15(19)9-13(11-6-5-7-12(17)8-11)14(10-18)16(20)22-4-2/h5-10,18H,3-4H2,1-2H3/b13-9+,14-10-. The average Bonchev–Trinajstić information content (AvgIpc) is 2.47. The van der Waals surface area contributed by atoms with E-state index in [0.717, 1.165) is 6.08 Å². The Balaban J connectivity index is 3.33. The Morgan fingerprint density at radius 3 is 2.45 bits per heavy atom. The van der Waals surface area contributed by atoms with Crippen LogP contribution in [-0.2, 0) is 19.1 Å². The van der Waals surface area contributed by atoms with Crippen LogP contribution in [-0.4, -0.2) is 30.3 Å². The lowest BCUT2D eigenvalue weighted by molar-refractivity contribution is -0.138. The van der Waals surface area contributed by atoms with Crippen LogP contribution in [0, 0.1) is 0 Å². The number of hydrogen-bond acceptors (Lipinski definition) is 5. The van der Waals surface area contributed by atoms with Gasteiger partial charge in [0.15, 0.2) is 0 Å². The molecule has 0 radical (unpaired) electrons. The minimum absolute atomic E-state index is 0.137. The maximum atomic E-state index is 11.9. The van der Waals surface area contributed by atoms with E-state index < -0.39 is 11.9 Å². The molecule has 0 aliphatic carbocycles. The monoisotopic (exact) mass is 324 g/mol. The zero-order valence-electron chi connectivity index (χ0n) is 12.3.